The van der Waals surface area contributed by atoms with E-state index in [9.17, 15) is 9.59 Å². The zero-order chi connectivity index (χ0) is 12.0. The molecule has 2 aliphatic carbocycles. The van der Waals surface area contributed by atoms with Gasteiger partial charge in [-0.25, -0.2) is 0 Å². The lowest BCUT2D eigenvalue weighted by Gasteiger charge is -2.36. The maximum absolute atomic E-state index is 12.3. The van der Waals surface area contributed by atoms with Crippen LogP contribution < -0.4 is 5.32 Å². The summed E-state index contributed by atoms with van der Waals surface area (Å²) in [6, 6.07) is 0.000188. The standard InChI is InChI=1S/C13H20N2O2/c1-8(6-9-2-3-9)15-7-11(16)14-12(13(15)17)10-4-5-10/h8-10,12H,2-7H2,1H3,(H,14,16). The van der Waals surface area contributed by atoms with Crippen LogP contribution in [0.3, 0.4) is 0 Å². The van der Waals surface area contributed by atoms with Gasteiger partial charge in [-0.3, -0.25) is 9.59 Å². The van der Waals surface area contributed by atoms with Gasteiger partial charge in [0, 0.05) is 6.04 Å². The van der Waals surface area contributed by atoms with Crippen LogP contribution in [0, 0.1) is 11.8 Å². The molecule has 0 aromatic heterocycles. The van der Waals surface area contributed by atoms with E-state index >= 15 is 0 Å². The predicted molar refractivity (Wildman–Crippen MR) is 63.2 cm³/mol. The van der Waals surface area contributed by atoms with Crippen molar-refractivity contribution in [2.45, 2.75) is 51.1 Å². The molecular formula is C13H20N2O2. The van der Waals surface area contributed by atoms with E-state index in [0.717, 1.165) is 25.2 Å². The minimum atomic E-state index is -0.224. The van der Waals surface area contributed by atoms with Crippen molar-refractivity contribution in [3.8, 4) is 0 Å². The molecule has 3 rings (SSSR count). The highest BCUT2D eigenvalue weighted by Gasteiger charge is 2.44. The van der Waals surface area contributed by atoms with Crippen LogP contribution in [0.1, 0.15) is 39.0 Å². The molecule has 1 N–H and O–H groups in total. The molecule has 0 aromatic carbocycles. The van der Waals surface area contributed by atoms with E-state index in [1.54, 1.807) is 4.90 Å². The van der Waals surface area contributed by atoms with Gasteiger partial charge < -0.3 is 10.2 Å². The van der Waals surface area contributed by atoms with E-state index in [4.69, 9.17) is 0 Å². The van der Waals surface area contributed by atoms with E-state index in [1.165, 1.54) is 12.8 Å². The molecule has 2 atom stereocenters. The van der Waals surface area contributed by atoms with Gasteiger partial charge in [0.15, 0.2) is 0 Å². The van der Waals surface area contributed by atoms with E-state index in [2.05, 4.69) is 12.2 Å². The Morgan fingerprint density at radius 3 is 2.59 bits per heavy atom. The topological polar surface area (TPSA) is 49.4 Å². The van der Waals surface area contributed by atoms with Gasteiger partial charge >= 0.3 is 0 Å². The zero-order valence-electron chi connectivity index (χ0n) is 10.3. The summed E-state index contributed by atoms with van der Waals surface area (Å²) in [4.78, 5) is 25.8. The lowest BCUT2D eigenvalue weighted by molar-refractivity contribution is -0.147. The van der Waals surface area contributed by atoms with Crippen molar-refractivity contribution in [2.75, 3.05) is 6.54 Å². The largest absolute Gasteiger partial charge is 0.342 e. The fourth-order valence-electron chi connectivity index (χ4n) is 2.78. The highest BCUT2D eigenvalue weighted by atomic mass is 16.2. The van der Waals surface area contributed by atoms with Crippen molar-refractivity contribution < 1.29 is 9.59 Å². The Kier molecular flexibility index (Phi) is 2.60. The van der Waals surface area contributed by atoms with Crippen molar-refractivity contribution in [1.82, 2.24) is 10.2 Å². The van der Waals surface area contributed by atoms with E-state index in [-0.39, 0.29) is 30.4 Å². The van der Waals surface area contributed by atoms with Crippen LogP contribution >= 0.6 is 0 Å². The van der Waals surface area contributed by atoms with Crippen LogP contribution in [0.5, 0.6) is 0 Å². The predicted octanol–water partition coefficient (Wildman–Crippen LogP) is 0.912. The molecule has 4 heteroatoms. The van der Waals surface area contributed by atoms with Crippen LogP contribution in [-0.4, -0.2) is 35.3 Å². The number of carbonyl (C=O) groups excluding carboxylic acids is 2. The van der Waals surface area contributed by atoms with Crippen LogP contribution in [0.2, 0.25) is 0 Å². The van der Waals surface area contributed by atoms with Crippen LogP contribution in [-0.2, 0) is 9.59 Å². The Morgan fingerprint density at radius 1 is 1.29 bits per heavy atom. The van der Waals surface area contributed by atoms with Crippen molar-refractivity contribution in [3.05, 3.63) is 0 Å². The van der Waals surface area contributed by atoms with Crippen LogP contribution in [0.25, 0.3) is 0 Å². The van der Waals surface area contributed by atoms with Crippen LogP contribution in [0.4, 0.5) is 0 Å². The van der Waals surface area contributed by atoms with Crippen LogP contribution in [0.15, 0.2) is 0 Å². The molecule has 0 aromatic rings. The van der Waals surface area contributed by atoms with Gasteiger partial charge in [0.1, 0.15) is 6.04 Å². The summed E-state index contributed by atoms with van der Waals surface area (Å²) in [6.07, 6.45) is 5.83. The molecule has 1 aliphatic heterocycles. The first kappa shape index (κ1) is 11.1. The van der Waals surface area contributed by atoms with Gasteiger partial charge in [0.2, 0.25) is 11.8 Å². The summed E-state index contributed by atoms with van der Waals surface area (Å²) >= 11 is 0. The quantitative estimate of drug-likeness (QED) is 0.789. The van der Waals surface area contributed by atoms with Crippen molar-refractivity contribution in [2.24, 2.45) is 11.8 Å². The summed E-state index contributed by atoms with van der Waals surface area (Å²) in [5.74, 6) is 1.37. The second-order valence-electron chi connectivity index (χ2n) is 5.88. The summed E-state index contributed by atoms with van der Waals surface area (Å²) in [7, 11) is 0. The lowest BCUT2D eigenvalue weighted by atomic mass is 10.0. The third-order valence-corrected chi connectivity index (χ3v) is 4.18. The highest BCUT2D eigenvalue weighted by molar-refractivity contribution is 5.95. The fourth-order valence-corrected chi connectivity index (χ4v) is 2.78. The molecule has 1 saturated heterocycles. The maximum Gasteiger partial charge on any atom is 0.246 e. The number of nitrogens with one attached hydrogen (secondary N) is 1. The lowest BCUT2D eigenvalue weighted by Crippen LogP contribution is -2.61. The molecule has 2 amide bonds. The highest BCUT2D eigenvalue weighted by Crippen LogP contribution is 2.37. The maximum atomic E-state index is 12.3. The van der Waals surface area contributed by atoms with Gasteiger partial charge in [-0.2, -0.15) is 0 Å². The van der Waals surface area contributed by atoms with Gasteiger partial charge in [-0.1, -0.05) is 12.8 Å². The second kappa shape index (κ2) is 4.00. The molecule has 94 valence electrons. The molecule has 4 nitrogen and oxygen atoms in total. The van der Waals surface area contributed by atoms with Gasteiger partial charge in [0.05, 0.1) is 6.54 Å². The Balaban J connectivity index is 1.67. The number of hydrogen-bond acceptors (Lipinski definition) is 2. The van der Waals surface area contributed by atoms with E-state index < -0.39 is 0 Å². The van der Waals surface area contributed by atoms with E-state index in [0.29, 0.717) is 5.92 Å². The number of piperazine rings is 1. The summed E-state index contributed by atoms with van der Waals surface area (Å²) in [6.45, 7) is 2.34. The summed E-state index contributed by atoms with van der Waals surface area (Å²) in [5.41, 5.74) is 0. The normalized spacial score (nSPS) is 31.4. The Labute approximate surface area is 102 Å². The smallest absolute Gasteiger partial charge is 0.246 e. The van der Waals surface area contributed by atoms with E-state index in [1.807, 2.05) is 0 Å². The van der Waals surface area contributed by atoms with Gasteiger partial charge in [-0.15, -0.1) is 0 Å². The number of carbonyl (C=O) groups is 2. The number of amides is 2. The minimum absolute atomic E-state index is 0.0177. The molecule has 17 heavy (non-hydrogen) atoms. The first-order valence-electron chi connectivity index (χ1n) is 6.75. The molecular weight excluding hydrogens is 216 g/mol. The zero-order valence-corrected chi connectivity index (χ0v) is 10.3. The summed E-state index contributed by atoms with van der Waals surface area (Å²) in [5, 5.41) is 2.85. The second-order valence-corrected chi connectivity index (χ2v) is 5.88. The third kappa shape index (κ3) is 2.31. The summed E-state index contributed by atoms with van der Waals surface area (Å²) < 4.78 is 0. The third-order valence-electron chi connectivity index (χ3n) is 4.18. The average Bonchev–Trinajstić information content (AvgIpc) is 3.12. The monoisotopic (exact) mass is 236 g/mol. The Bertz CT molecular complexity index is 347. The molecule has 2 saturated carbocycles. The van der Waals surface area contributed by atoms with Crippen molar-refractivity contribution in [3.63, 3.8) is 0 Å². The molecule has 0 spiro atoms. The fraction of sp³-hybridized carbons (Fsp3) is 0.846. The molecule has 1 heterocycles. The first-order chi connectivity index (χ1) is 8.15. The SMILES string of the molecule is CC(CC1CC1)N1CC(=O)NC(C2CC2)C1=O. The molecule has 2 unspecified atom stereocenters. The molecule has 3 aliphatic rings. The molecule has 0 bridgehead atoms. The van der Waals surface area contributed by atoms with Gasteiger partial charge in [0.25, 0.3) is 0 Å². The number of rotatable bonds is 4. The first-order valence-corrected chi connectivity index (χ1v) is 6.75. The Morgan fingerprint density at radius 2 is 2.00 bits per heavy atom. The molecule has 3 fully saturated rings. The minimum Gasteiger partial charge on any atom is -0.342 e. The number of nitrogens with zero attached hydrogens (tertiary/aromatic N) is 1. The average molecular weight is 236 g/mol. The van der Waals surface area contributed by atoms with Crippen molar-refractivity contribution >= 4 is 11.8 Å². The number of hydrogen-bond donors (Lipinski definition) is 1. The Hall–Kier alpha value is -1.06. The van der Waals surface area contributed by atoms with Gasteiger partial charge in [-0.05, 0) is 38.0 Å². The molecule has 0 radical (unpaired) electrons. The van der Waals surface area contributed by atoms with Crippen molar-refractivity contribution in [1.29, 1.82) is 0 Å².